The molecule has 1 aromatic carbocycles. The fraction of sp³-hybridized carbons (Fsp3) is 0.407. The van der Waals surface area contributed by atoms with Crippen LogP contribution in [0.25, 0.3) is 17.3 Å². The first-order valence-electron chi connectivity index (χ1n) is 12.1. The summed E-state index contributed by atoms with van der Waals surface area (Å²) in [6, 6.07) is 7.41. The largest absolute Gasteiger partial charge is 0.472 e. The van der Waals surface area contributed by atoms with Gasteiger partial charge in [-0.3, -0.25) is 4.79 Å². The van der Waals surface area contributed by atoms with Gasteiger partial charge in [-0.15, -0.1) is 0 Å². The van der Waals surface area contributed by atoms with Crippen molar-refractivity contribution in [3.05, 3.63) is 69.4 Å². The monoisotopic (exact) mass is 497 g/mol. The SMILES string of the molecule is C[C@@H](NC(=O)c1nn(-c2ccc(Cl)cc2Cl)c2c1CCC/C2=C\c1ccoc1)C1CCCCC1. The van der Waals surface area contributed by atoms with E-state index in [0.717, 1.165) is 41.7 Å². The lowest BCUT2D eigenvalue weighted by Gasteiger charge is -2.28. The highest BCUT2D eigenvalue weighted by molar-refractivity contribution is 6.35. The van der Waals surface area contributed by atoms with Crippen molar-refractivity contribution >= 4 is 40.8 Å². The number of fused-ring (bicyclic) bond motifs is 1. The van der Waals surface area contributed by atoms with Crippen LogP contribution in [-0.4, -0.2) is 21.7 Å². The molecule has 0 saturated heterocycles. The Balaban J connectivity index is 1.57. The van der Waals surface area contributed by atoms with Crippen LogP contribution >= 0.6 is 23.2 Å². The van der Waals surface area contributed by atoms with Gasteiger partial charge in [-0.05, 0) is 80.9 Å². The topological polar surface area (TPSA) is 60.1 Å². The Morgan fingerprint density at radius 1 is 1.18 bits per heavy atom. The van der Waals surface area contributed by atoms with Crippen LogP contribution in [0.3, 0.4) is 0 Å². The van der Waals surface area contributed by atoms with Crippen LogP contribution < -0.4 is 5.32 Å². The standard InChI is InChI=1S/C27H29Cl2N3O2/c1-17(19-6-3-2-4-7-19)30-27(33)25-22-9-5-8-20(14-18-12-13-34-16-18)26(22)32(31-25)24-11-10-21(28)15-23(24)29/h10-17,19H,2-9H2,1H3,(H,30,33)/b20-14+/t17-/m1/s1. The van der Waals surface area contributed by atoms with Gasteiger partial charge in [0.2, 0.25) is 0 Å². The van der Waals surface area contributed by atoms with Crippen molar-refractivity contribution in [3.63, 3.8) is 0 Å². The molecule has 2 aromatic heterocycles. The first-order valence-corrected chi connectivity index (χ1v) is 12.9. The van der Waals surface area contributed by atoms with E-state index in [4.69, 9.17) is 32.7 Å². The summed E-state index contributed by atoms with van der Waals surface area (Å²) in [6.07, 6.45) is 14.2. The Labute approximate surface area is 210 Å². The van der Waals surface area contributed by atoms with E-state index in [1.54, 1.807) is 24.7 Å². The van der Waals surface area contributed by atoms with Gasteiger partial charge in [-0.2, -0.15) is 5.10 Å². The Hall–Kier alpha value is -2.50. The number of benzene rings is 1. The number of nitrogens with zero attached hydrogens (tertiary/aromatic N) is 2. The number of hydrogen-bond donors (Lipinski definition) is 1. The van der Waals surface area contributed by atoms with Gasteiger partial charge in [0.1, 0.15) is 0 Å². The molecular weight excluding hydrogens is 469 g/mol. The second kappa shape index (κ2) is 10.0. The van der Waals surface area contributed by atoms with E-state index >= 15 is 0 Å². The van der Waals surface area contributed by atoms with E-state index in [0.29, 0.717) is 27.3 Å². The minimum Gasteiger partial charge on any atom is -0.472 e. The third-order valence-corrected chi connectivity index (χ3v) is 7.65. The lowest BCUT2D eigenvalue weighted by molar-refractivity contribution is 0.0912. The van der Waals surface area contributed by atoms with Crippen molar-refractivity contribution < 1.29 is 9.21 Å². The van der Waals surface area contributed by atoms with Crippen molar-refractivity contribution in [2.45, 2.75) is 64.3 Å². The highest BCUT2D eigenvalue weighted by Crippen LogP contribution is 2.38. The molecule has 5 nitrogen and oxygen atoms in total. The van der Waals surface area contributed by atoms with Crippen molar-refractivity contribution in [1.29, 1.82) is 0 Å². The number of allylic oxidation sites excluding steroid dienone is 1. The molecule has 34 heavy (non-hydrogen) atoms. The summed E-state index contributed by atoms with van der Waals surface area (Å²) >= 11 is 12.7. The highest BCUT2D eigenvalue weighted by Gasteiger charge is 2.30. The molecule has 178 valence electrons. The molecule has 1 fully saturated rings. The molecule has 2 aliphatic carbocycles. The van der Waals surface area contributed by atoms with Crippen LogP contribution in [0.15, 0.2) is 41.2 Å². The van der Waals surface area contributed by atoms with Gasteiger partial charge in [0.15, 0.2) is 5.69 Å². The van der Waals surface area contributed by atoms with E-state index in [1.165, 1.54) is 32.1 Å². The Kier molecular flexibility index (Phi) is 6.84. The number of amides is 1. The zero-order valence-electron chi connectivity index (χ0n) is 19.3. The van der Waals surface area contributed by atoms with E-state index in [9.17, 15) is 4.79 Å². The second-order valence-electron chi connectivity index (χ2n) is 9.42. The number of hydrogen-bond acceptors (Lipinski definition) is 3. The smallest absolute Gasteiger partial charge is 0.272 e. The molecule has 1 saturated carbocycles. The summed E-state index contributed by atoms with van der Waals surface area (Å²) < 4.78 is 7.09. The molecule has 2 aliphatic rings. The van der Waals surface area contributed by atoms with Crippen molar-refractivity contribution in [2.75, 3.05) is 0 Å². The predicted molar refractivity (Wildman–Crippen MR) is 137 cm³/mol. The summed E-state index contributed by atoms with van der Waals surface area (Å²) in [7, 11) is 0. The zero-order valence-corrected chi connectivity index (χ0v) is 20.8. The van der Waals surface area contributed by atoms with Crippen LogP contribution in [-0.2, 0) is 6.42 Å². The fourth-order valence-electron chi connectivity index (χ4n) is 5.33. The normalized spacial score (nSPS) is 18.6. The molecule has 0 spiro atoms. The van der Waals surface area contributed by atoms with Crippen molar-refractivity contribution in [2.24, 2.45) is 5.92 Å². The molecule has 1 atom stereocenters. The summed E-state index contributed by atoms with van der Waals surface area (Å²) in [5, 5.41) is 9.16. The molecule has 2 heterocycles. The van der Waals surface area contributed by atoms with Gasteiger partial charge < -0.3 is 9.73 Å². The Morgan fingerprint density at radius 3 is 2.74 bits per heavy atom. The number of halogens is 2. The molecule has 0 aliphatic heterocycles. The average Bonchev–Trinajstić information content (AvgIpc) is 3.48. The molecule has 3 aromatic rings. The number of rotatable bonds is 5. The lowest BCUT2D eigenvalue weighted by atomic mass is 9.84. The first kappa shape index (κ1) is 23.3. The van der Waals surface area contributed by atoms with Gasteiger partial charge in [0, 0.05) is 22.2 Å². The first-order chi connectivity index (χ1) is 16.5. The maximum absolute atomic E-state index is 13.5. The van der Waals surface area contributed by atoms with Gasteiger partial charge in [0.25, 0.3) is 5.91 Å². The third-order valence-electron chi connectivity index (χ3n) is 7.11. The van der Waals surface area contributed by atoms with Crippen LogP contribution in [0.4, 0.5) is 0 Å². The number of aromatic nitrogens is 2. The van der Waals surface area contributed by atoms with Gasteiger partial charge >= 0.3 is 0 Å². The Morgan fingerprint density at radius 2 is 2.00 bits per heavy atom. The lowest BCUT2D eigenvalue weighted by Crippen LogP contribution is -2.39. The summed E-state index contributed by atoms with van der Waals surface area (Å²) in [5.41, 5.74) is 5.20. The molecule has 0 radical (unpaired) electrons. The van der Waals surface area contributed by atoms with Crippen LogP contribution in [0.5, 0.6) is 0 Å². The van der Waals surface area contributed by atoms with E-state index in [2.05, 4.69) is 18.3 Å². The third kappa shape index (κ3) is 4.69. The van der Waals surface area contributed by atoms with Crippen LogP contribution in [0, 0.1) is 5.92 Å². The number of nitrogens with one attached hydrogen (secondary N) is 1. The van der Waals surface area contributed by atoms with E-state index < -0.39 is 0 Å². The molecule has 1 amide bonds. The predicted octanol–water partition coefficient (Wildman–Crippen LogP) is 7.35. The van der Waals surface area contributed by atoms with Gasteiger partial charge in [-0.1, -0.05) is 42.5 Å². The molecule has 0 bridgehead atoms. The number of carbonyl (C=O) groups is 1. The summed E-state index contributed by atoms with van der Waals surface area (Å²) in [6.45, 7) is 2.12. The molecule has 5 rings (SSSR count). The maximum atomic E-state index is 13.5. The Bertz CT molecular complexity index is 1210. The summed E-state index contributed by atoms with van der Waals surface area (Å²) in [4.78, 5) is 13.5. The quantitative estimate of drug-likeness (QED) is 0.400. The zero-order chi connectivity index (χ0) is 23.7. The van der Waals surface area contributed by atoms with Gasteiger partial charge in [-0.25, -0.2) is 4.68 Å². The van der Waals surface area contributed by atoms with E-state index in [-0.39, 0.29) is 11.9 Å². The van der Waals surface area contributed by atoms with Gasteiger partial charge in [0.05, 0.1) is 28.9 Å². The van der Waals surface area contributed by atoms with Crippen LogP contribution in [0.2, 0.25) is 10.0 Å². The van der Waals surface area contributed by atoms with Crippen molar-refractivity contribution in [1.82, 2.24) is 15.1 Å². The number of carbonyl (C=O) groups excluding carboxylic acids is 1. The fourth-order valence-corrected chi connectivity index (χ4v) is 5.82. The molecule has 7 heteroatoms. The molecular formula is C27H29Cl2N3O2. The van der Waals surface area contributed by atoms with Crippen LogP contribution in [0.1, 0.15) is 79.2 Å². The average molecular weight is 498 g/mol. The molecule has 0 unspecified atom stereocenters. The maximum Gasteiger partial charge on any atom is 0.272 e. The summed E-state index contributed by atoms with van der Waals surface area (Å²) in [5.74, 6) is 0.417. The number of furan rings is 1. The molecule has 1 N–H and O–H groups in total. The van der Waals surface area contributed by atoms with E-state index in [1.807, 2.05) is 16.8 Å². The minimum atomic E-state index is -0.109. The second-order valence-corrected chi connectivity index (χ2v) is 10.3. The minimum absolute atomic E-state index is 0.109. The highest BCUT2D eigenvalue weighted by atomic mass is 35.5. The van der Waals surface area contributed by atoms with Crippen molar-refractivity contribution in [3.8, 4) is 5.69 Å².